The molecule has 0 aliphatic heterocycles. The molecule has 0 aliphatic rings. The molecule has 12 heteroatoms. The van der Waals surface area contributed by atoms with Gasteiger partial charge in [-0.15, -0.1) is 5.10 Å². The highest BCUT2D eigenvalue weighted by atomic mass is 35.5. The summed E-state index contributed by atoms with van der Waals surface area (Å²) in [5, 5.41) is 16.0. The Morgan fingerprint density at radius 1 is 1.27 bits per heavy atom. The SMILES string of the molecule is COc1cc2c(Oc3ccc(Cl)cc3F)c(OC(=O)Nc3nn[nH]n3)sc2cc1C. The number of aromatic amines is 1. The molecule has 2 aromatic heterocycles. The Morgan fingerprint density at radius 2 is 2.10 bits per heavy atom. The smallest absolute Gasteiger partial charge is 0.420 e. The average molecular weight is 450 g/mol. The van der Waals surface area contributed by atoms with Crippen LogP contribution in [0.4, 0.5) is 15.1 Å². The molecule has 154 valence electrons. The number of tetrazole rings is 1. The molecule has 0 radical (unpaired) electrons. The molecular formula is C18H13ClFN5O4S. The number of fused-ring (bicyclic) bond motifs is 1. The van der Waals surface area contributed by atoms with Gasteiger partial charge in [-0.3, -0.25) is 5.32 Å². The van der Waals surface area contributed by atoms with E-state index in [1.807, 2.05) is 13.0 Å². The predicted octanol–water partition coefficient (Wildman–Crippen LogP) is 4.93. The summed E-state index contributed by atoms with van der Waals surface area (Å²) in [7, 11) is 1.54. The standard InChI is InChI=1S/C18H13ClFN5O4S/c1-8-5-14-10(7-13(8)27-2)15(28-12-4-3-9(19)6-11(12)20)16(30-14)29-18(26)21-17-22-24-25-23-17/h3-7H,1-2H3,(H2,21,22,23,24,25,26). The largest absolute Gasteiger partial charge is 0.496 e. The number of nitrogens with zero attached hydrogens (tertiary/aromatic N) is 3. The topological polar surface area (TPSA) is 111 Å². The van der Waals surface area contributed by atoms with Crippen molar-refractivity contribution in [1.29, 1.82) is 0 Å². The van der Waals surface area contributed by atoms with E-state index in [2.05, 4.69) is 25.9 Å². The van der Waals surface area contributed by atoms with Gasteiger partial charge in [0.15, 0.2) is 17.3 Å². The lowest BCUT2D eigenvalue weighted by Crippen LogP contribution is -2.17. The Bertz CT molecular complexity index is 1230. The monoisotopic (exact) mass is 449 g/mol. The van der Waals surface area contributed by atoms with Crippen LogP contribution >= 0.6 is 22.9 Å². The van der Waals surface area contributed by atoms with Crippen molar-refractivity contribution in [3.05, 3.63) is 46.7 Å². The molecule has 2 heterocycles. The van der Waals surface area contributed by atoms with E-state index in [1.54, 1.807) is 6.07 Å². The van der Waals surface area contributed by atoms with Gasteiger partial charge in [0.25, 0.3) is 5.95 Å². The average Bonchev–Trinajstić information content (AvgIpc) is 3.31. The fourth-order valence-corrected chi connectivity index (χ4v) is 3.86. The summed E-state index contributed by atoms with van der Waals surface area (Å²) >= 11 is 6.96. The molecular weight excluding hydrogens is 437 g/mol. The first-order chi connectivity index (χ1) is 14.4. The van der Waals surface area contributed by atoms with Crippen molar-refractivity contribution in [1.82, 2.24) is 20.6 Å². The molecule has 9 nitrogen and oxygen atoms in total. The quantitative estimate of drug-likeness (QED) is 0.444. The molecule has 0 fully saturated rings. The van der Waals surface area contributed by atoms with Gasteiger partial charge in [-0.2, -0.15) is 5.21 Å². The van der Waals surface area contributed by atoms with Crippen molar-refractivity contribution in [2.75, 3.05) is 12.4 Å². The summed E-state index contributed by atoms with van der Waals surface area (Å²) in [4.78, 5) is 12.2. The Hall–Kier alpha value is -3.44. The maximum Gasteiger partial charge on any atom is 0.420 e. The van der Waals surface area contributed by atoms with Crippen LogP contribution in [0.15, 0.2) is 30.3 Å². The number of benzene rings is 2. The molecule has 0 aliphatic carbocycles. The van der Waals surface area contributed by atoms with E-state index in [-0.39, 0.29) is 27.5 Å². The van der Waals surface area contributed by atoms with E-state index in [0.29, 0.717) is 11.1 Å². The number of nitrogens with one attached hydrogen (secondary N) is 2. The molecule has 4 aromatic rings. The number of hydrogen-bond acceptors (Lipinski definition) is 8. The van der Waals surface area contributed by atoms with Crippen molar-refractivity contribution in [3.63, 3.8) is 0 Å². The molecule has 0 bridgehead atoms. The van der Waals surface area contributed by atoms with E-state index in [4.69, 9.17) is 25.8 Å². The van der Waals surface area contributed by atoms with Crippen molar-refractivity contribution in [2.24, 2.45) is 0 Å². The first-order valence-corrected chi connectivity index (χ1v) is 9.60. The van der Waals surface area contributed by atoms with Crippen molar-refractivity contribution < 1.29 is 23.4 Å². The van der Waals surface area contributed by atoms with Gasteiger partial charge in [-0.25, -0.2) is 9.18 Å². The molecule has 30 heavy (non-hydrogen) atoms. The number of aromatic nitrogens is 4. The molecule has 1 amide bonds. The highest BCUT2D eigenvalue weighted by Gasteiger charge is 2.22. The third-order valence-corrected chi connectivity index (χ3v) is 5.23. The zero-order valence-corrected chi connectivity index (χ0v) is 17.1. The van der Waals surface area contributed by atoms with Crippen LogP contribution in [0, 0.1) is 12.7 Å². The van der Waals surface area contributed by atoms with Crippen LogP contribution in [0.3, 0.4) is 0 Å². The molecule has 0 atom stereocenters. The van der Waals surface area contributed by atoms with Crippen molar-refractivity contribution in [3.8, 4) is 22.3 Å². The maximum atomic E-state index is 14.3. The van der Waals surface area contributed by atoms with Gasteiger partial charge in [-0.1, -0.05) is 28.0 Å². The summed E-state index contributed by atoms with van der Waals surface area (Å²) in [5.41, 5.74) is 0.873. The number of aryl methyl sites for hydroxylation is 1. The molecule has 2 aromatic carbocycles. The van der Waals surface area contributed by atoms with E-state index in [0.717, 1.165) is 27.7 Å². The minimum atomic E-state index is -0.868. The number of hydrogen-bond donors (Lipinski definition) is 2. The second kappa shape index (κ2) is 8.13. The minimum absolute atomic E-state index is 0.0650. The van der Waals surface area contributed by atoms with Crippen molar-refractivity contribution >= 4 is 45.1 Å². The molecule has 0 saturated heterocycles. The summed E-state index contributed by atoms with van der Waals surface area (Å²) in [6.45, 7) is 1.88. The zero-order valence-electron chi connectivity index (χ0n) is 15.5. The Kier molecular flexibility index (Phi) is 5.38. The molecule has 0 saturated carbocycles. The van der Waals surface area contributed by atoms with Gasteiger partial charge >= 0.3 is 6.09 Å². The number of anilines is 1. The highest BCUT2D eigenvalue weighted by molar-refractivity contribution is 7.21. The normalized spacial score (nSPS) is 10.8. The second-order valence-electron chi connectivity index (χ2n) is 5.96. The number of ether oxygens (including phenoxy) is 3. The number of methoxy groups -OCH3 is 1. The Morgan fingerprint density at radius 3 is 2.80 bits per heavy atom. The van der Waals surface area contributed by atoms with Crippen LogP contribution in [-0.2, 0) is 0 Å². The van der Waals surface area contributed by atoms with Gasteiger partial charge in [0.05, 0.1) is 7.11 Å². The zero-order chi connectivity index (χ0) is 21.3. The van der Waals surface area contributed by atoms with Crippen molar-refractivity contribution in [2.45, 2.75) is 6.92 Å². The number of H-pyrrole nitrogens is 1. The number of amides is 1. The lowest BCUT2D eigenvalue weighted by molar-refractivity contribution is 0.215. The fraction of sp³-hybridized carbons (Fsp3) is 0.111. The van der Waals surface area contributed by atoms with Crippen LogP contribution in [0.2, 0.25) is 5.02 Å². The van der Waals surface area contributed by atoms with E-state index in [9.17, 15) is 9.18 Å². The van der Waals surface area contributed by atoms with E-state index in [1.165, 1.54) is 19.2 Å². The lowest BCUT2D eigenvalue weighted by Gasteiger charge is -2.10. The van der Waals surface area contributed by atoms with Gasteiger partial charge in [0.2, 0.25) is 5.06 Å². The maximum absolute atomic E-state index is 14.3. The Balaban J connectivity index is 1.75. The first kappa shape index (κ1) is 19.9. The minimum Gasteiger partial charge on any atom is -0.496 e. The number of rotatable bonds is 5. The number of carbonyl (C=O) groups excluding carboxylic acids is 1. The van der Waals surface area contributed by atoms with E-state index < -0.39 is 11.9 Å². The predicted molar refractivity (Wildman–Crippen MR) is 108 cm³/mol. The fourth-order valence-electron chi connectivity index (χ4n) is 2.65. The van der Waals surface area contributed by atoms with Crippen LogP contribution in [0.5, 0.6) is 22.3 Å². The Labute approximate surface area is 177 Å². The van der Waals surface area contributed by atoms with Gasteiger partial charge in [-0.05, 0) is 48.0 Å². The molecule has 4 rings (SSSR count). The van der Waals surface area contributed by atoms with E-state index >= 15 is 0 Å². The van der Waals surface area contributed by atoms with Crippen LogP contribution < -0.4 is 19.5 Å². The third-order valence-electron chi connectivity index (χ3n) is 3.98. The second-order valence-corrected chi connectivity index (χ2v) is 7.41. The summed E-state index contributed by atoms with van der Waals surface area (Å²) in [6, 6.07) is 7.58. The molecule has 0 spiro atoms. The summed E-state index contributed by atoms with van der Waals surface area (Å²) in [5.74, 6) is -0.0580. The first-order valence-electron chi connectivity index (χ1n) is 8.41. The highest BCUT2D eigenvalue weighted by Crippen LogP contribution is 2.48. The van der Waals surface area contributed by atoms with Crippen LogP contribution in [0.25, 0.3) is 10.1 Å². The van der Waals surface area contributed by atoms with Gasteiger partial charge < -0.3 is 14.2 Å². The number of carbonyl (C=O) groups is 1. The lowest BCUT2D eigenvalue weighted by atomic mass is 10.1. The number of thiophene rings is 1. The summed E-state index contributed by atoms with van der Waals surface area (Å²) < 4.78 is 31.6. The summed E-state index contributed by atoms with van der Waals surface area (Å²) in [6.07, 6.45) is -0.868. The number of halogens is 2. The van der Waals surface area contributed by atoms with Crippen LogP contribution in [0.1, 0.15) is 5.56 Å². The molecule has 2 N–H and O–H groups in total. The third kappa shape index (κ3) is 3.98. The van der Waals surface area contributed by atoms with Gasteiger partial charge in [0, 0.05) is 15.1 Å². The molecule has 0 unspecified atom stereocenters. The van der Waals surface area contributed by atoms with Gasteiger partial charge in [0.1, 0.15) is 5.75 Å². The van der Waals surface area contributed by atoms with Crippen LogP contribution in [-0.4, -0.2) is 33.8 Å².